The van der Waals surface area contributed by atoms with Gasteiger partial charge in [0, 0.05) is 12.3 Å². The van der Waals surface area contributed by atoms with Crippen molar-refractivity contribution in [3.05, 3.63) is 0 Å². The van der Waals surface area contributed by atoms with Gasteiger partial charge in [0.1, 0.15) is 5.78 Å². The molecule has 1 N–H and O–H groups in total. The molecule has 54 valence electrons. The second kappa shape index (κ2) is 6.11. The molecule has 0 atom stereocenters. The Balaban J connectivity index is 2.83. The number of carbonyl (C=O) groups is 1. The number of thioether (sulfide) groups is 1. The van der Waals surface area contributed by atoms with E-state index in [-0.39, 0.29) is 5.78 Å². The summed E-state index contributed by atoms with van der Waals surface area (Å²) in [6, 6.07) is 0. The Morgan fingerprint density at radius 3 is 2.78 bits per heavy atom. The predicted molar refractivity (Wildman–Crippen MR) is 41.9 cm³/mol. The summed E-state index contributed by atoms with van der Waals surface area (Å²) in [6.45, 7) is 3.04. The maximum absolute atomic E-state index is 10.3. The van der Waals surface area contributed by atoms with Crippen LogP contribution in [0.15, 0.2) is 0 Å². The zero-order valence-electron chi connectivity index (χ0n) is 5.94. The smallest absolute Gasteiger partial charge is 0.143 e. The molecule has 0 radical (unpaired) electrons. The fourth-order valence-corrected chi connectivity index (χ4v) is 0.787. The number of hydrogen-bond donors (Lipinski definition) is 1. The number of nitrogens with one attached hydrogen (secondary N) is 1. The lowest BCUT2D eigenvalue weighted by Gasteiger charge is -1.97. The lowest BCUT2D eigenvalue weighted by molar-refractivity contribution is -0.116. The fourth-order valence-electron chi connectivity index (χ4n) is 0.439. The van der Waals surface area contributed by atoms with Crippen LogP contribution < -0.4 is 5.32 Å². The van der Waals surface area contributed by atoms with Crippen LogP contribution in [-0.4, -0.2) is 30.9 Å². The van der Waals surface area contributed by atoms with E-state index in [2.05, 4.69) is 11.6 Å². The summed E-state index contributed by atoms with van der Waals surface area (Å²) >= 11 is 1.78. The average molecular weight is 147 g/mol. The molecule has 0 spiro atoms. The maximum atomic E-state index is 10.3. The van der Waals surface area contributed by atoms with Crippen molar-refractivity contribution >= 4 is 17.5 Å². The SMILES string of the molecule is CSCCNCC(C)=O. The Labute approximate surface area is 60.4 Å². The first kappa shape index (κ1) is 8.98. The minimum absolute atomic E-state index is 0.205. The van der Waals surface area contributed by atoms with Crippen LogP contribution in [0.4, 0.5) is 0 Å². The third kappa shape index (κ3) is 7.98. The molecular weight excluding hydrogens is 134 g/mol. The first-order valence-electron chi connectivity index (χ1n) is 2.96. The molecule has 0 aliphatic carbocycles. The number of rotatable bonds is 5. The van der Waals surface area contributed by atoms with Gasteiger partial charge >= 0.3 is 0 Å². The van der Waals surface area contributed by atoms with E-state index in [0.29, 0.717) is 6.54 Å². The van der Waals surface area contributed by atoms with Crippen LogP contribution >= 0.6 is 11.8 Å². The highest BCUT2D eigenvalue weighted by Crippen LogP contribution is 1.86. The van der Waals surface area contributed by atoms with Crippen LogP contribution in [-0.2, 0) is 4.79 Å². The summed E-state index contributed by atoms with van der Waals surface area (Å²) < 4.78 is 0. The van der Waals surface area contributed by atoms with Crippen LogP contribution in [0.3, 0.4) is 0 Å². The van der Waals surface area contributed by atoms with Crippen LogP contribution in [0.1, 0.15) is 6.92 Å². The van der Waals surface area contributed by atoms with E-state index in [1.54, 1.807) is 18.7 Å². The van der Waals surface area contributed by atoms with Gasteiger partial charge in [0.05, 0.1) is 6.54 Å². The molecule has 0 aromatic carbocycles. The topological polar surface area (TPSA) is 29.1 Å². The zero-order valence-corrected chi connectivity index (χ0v) is 6.75. The molecule has 0 saturated carbocycles. The molecule has 9 heavy (non-hydrogen) atoms. The second-order valence-corrected chi connectivity index (χ2v) is 2.86. The van der Waals surface area contributed by atoms with Crippen molar-refractivity contribution in [1.29, 1.82) is 0 Å². The van der Waals surface area contributed by atoms with Crippen molar-refractivity contribution in [1.82, 2.24) is 5.32 Å². The van der Waals surface area contributed by atoms with Crippen molar-refractivity contribution in [3.63, 3.8) is 0 Å². The van der Waals surface area contributed by atoms with E-state index in [0.717, 1.165) is 12.3 Å². The summed E-state index contributed by atoms with van der Waals surface area (Å²) in [6.07, 6.45) is 2.05. The molecule has 0 fully saturated rings. The Hall–Kier alpha value is -0.0200. The van der Waals surface area contributed by atoms with Crippen molar-refractivity contribution in [3.8, 4) is 0 Å². The van der Waals surface area contributed by atoms with E-state index < -0.39 is 0 Å². The number of hydrogen-bond acceptors (Lipinski definition) is 3. The number of Topliss-reactive ketones (excluding diaryl/α,β-unsaturated/α-hetero) is 1. The standard InChI is InChI=1S/C6H13NOS/c1-6(8)5-7-3-4-9-2/h7H,3-5H2,1-2H3. The summed E-state index contributed by atoms with van der Waals surface area (Å²) in [7, 11) is 0. The largest absolute Gasteiger partial charge is 0.309 e. The van der Waals surface area contributed by atoms with E-state index in [1.165, 1.54) is 0 Å². The Kier molecular flexibility index (Phi) is 6.09. The molecule has 0 amide bonds. The van der Waals surface area contributed by atoms with Gasteiger partial charge < -0.3 is 5.32 Å². The molecule has 0 aromatic heterocycles. The monoisotopic (exact) mass is 147 g/mol. The molecule has 0 unspecified atom stereocenters. The summed E-state index contributed by atoms with van der Waals surface area (Å²) in [5, 5.41) is 3.02. The fraction of sp³-hybridized carbons (Fsp3) is 0.833. The third-order valence-corrected chi connectivity index (χ3v) is 1.47. The molecule has 0 aromatic rings. The Morgan fingerprint density at radius 2 is 2.33 bits per heavy atom. The van der Waals surface area contributed by atoms with Crippen molar-refractivity contribution in [2.45, 2.75) is 6.92 Å². The highest BCUT2D eigenvalue weighted by atomic mass is 32.2. The highest BCUT2D eigenvalue weighted by Gasteiger charge is 1.89. The lowest BCUT2D eigenvalue weighted by Crippen LogP contribution is -2.23. The Morgan fingerprint density at radius 1 is 1.67 bits per heavy atom. The molecular formula is C6H13NOS. The minimum atomic E-state index is 0.205. The minimum Gasteiger partial charge on any atom is -0.309 e. The quantitative estimate of drug-likeness (QED) is 0.575. The van der Waals surface area contributed by atoms with Crippen molar-refractivity contribution in [2.75, 3.05) is 25.1 Å². The van der Waals surface area contributed by atoms with E-state index in [4.69, 9.17) is 0 Å². The zero-order chi connectivity index (χ0) is 7.11. The summed E-state index contributed by atoms with van der Waals surface area (Å²) in [4.78, 5) is 10.3. The average Bonchev–Trinajstić information content (AvgIpc) is 1.80. The lowest BCUT2D eigenvalue weighted by atomic mass is 10.4. The van der Waals surface area contributed by atoms with Gasteiger partial charge in [-0.05, 0) is 13.2 Å². The number of carbonyl (C=O) groups excluding carboxylic acids is 1. The predicted octanol–water partition coefficient (Wildman–Crippen LogP) is 0.528. The van der Waals surface area contributed by atoms with Gasteiger partial charge in [-0.2, -0.15) is 11.8 Å². The highest BCUT2D eigenvalue weighted by molar-refractivity contribution is 7.98. The molecule has 0 aliphatic rings. The van der Waals surface area contributed by atoms with Gasteiger partial charge in [0.2, 0.25) is 0 Å². The Bertz CT molecular complexity index is 85.1. The van der Waals surface area contributed by atoms with E-state index in [9.17, 15) is 4.79 Å². The van der Waals surface area contributed by atoms with Gasteiger partial charge in [-0.3, -0.25) is 4.79 Å². The molecule has 0 rings (SSSR count). The van der Waals surface area contributed by atoms with E-state index in [1.807, 2.05) is 0 Å². The van der Waals surface area contributed by atoms with Gasteiger partial charge in [0.25, 0.3) is 0 Å². The van der Waals surface area contributed by atoms with Gasteiger partial charge in [-0.25, -0.2) is 0 Å². The van der Waals surface area contributed by atoms with Crippen LogP contribution in [0.5, 0.6) is 0 Å². The van der Waals surface area contributed by atoms with Crippen LogP contribution in [0.25, 0.3) is 0 Å². The molecule has 0 bridgehead atoms. The molecule has 0 aliphatic heterocycles. The maximum Gasteiger partial charge on any atom is 0.143 e. The van der Waals surface area contributed by atoms with Gasteiger partial charge in [-0.15, -0.1) is 0 Å². The van der Waals surface area contributed by atoms with Crippen LogP contribution in [0, 0.1) is 0 Å². The summed E-state index contributed by atoms with van der Waals surface area (Å²) in [5.74, 6) is 1.28. The van der Waals surface area contributed by atoms with Gasteiger partial charge in [-0.1, -0.05) is 0 Å². The second-order valence-electron chi connectivity index (χ2n) is 1.87. The first-order chi connectivity index (χ1) is 4.27. The molecule has 0 heterocycles. The summed E-state index contributed by atoms with van der Waals surface area (Å²) in [5.41, 5.74) is 0. The third-order valence-electron chi connectivity index (χ3n) is 0.857. The normalized spacial score (nSPS) is 9.56. The number of ketones is 1. The van der Waals surface area contributed by atoms with Crippen molar-refractivity contribution < 1.29 is 4.79 Å². The van der Waals surface area contributed by atoms with E-state index >= 15 is 0 Å². The molecule has 2 nitrogen and oxygen atoms in total. The molecule has 0 saturated heterocycles. The van der Waals surface area contributed by atoms with Crippen molar-refractivity contribution in [2.24, 2.45) is 0 Å². The molecule has 3 heteroatoms. The van der Waals surface area contributed by atoms with Crippen LogP contribution in [0.2, 0.25) is 0 Å². The first-order valence-corrected chi connectivity index (χ1v) is 4.36. The van der Waals surface area contributed by atoms with Gasteiger partial charge in [0.15, 0.2) is 0 Å².